The summed E-state index contributed by atoms with van der Waals surface area (Å²) in [6, 6.07) is 0. The second-order valence-electron chi connectivity index (χ2n) is 7.08. The summed E-state index contributed by atoms with van der Waals surface area (Å²) in [6.07, 6.45) is 0.462. The van der Waals surface area contributed by atoms with Crippen molar-refractivity contribution in [1.82, 2.24) is 10.9 Å². The number of rotatable bonds is 3. The maximum Gasteiger partial charge on any atom is 0.309 e. The van der Waals surface area contributed by atoms with Gasteiger partial charge >= 0.3 is 5.97 Å². The lowest BCUT2D eigenvalue weighted by Crippen LogP contribution is -2.54. The number of carbonyl (C=O) groups excluding carboxylic acids is 2. The lowest BCUT2D eigenvalue weighted by atomic mass is 9.81. The van der Waals surface area contributed by atoms with Crippen molar-refractivity contribution < 1.29 is 19.5 Å². The van der Waals surface area contributed by atoms with E-state index in [4.69, 9.17) is 69.6 Å². The minimum atomic E-state index is -2.21. The number of aliphatic carboxylic acids is 1. The highest BCUT2D eigenvalue weighted by Crippen LogP contribution is 2.76. The fraction of sp³-hybridized carbons (Fsp3) is 0.643. The summed E-state index contributed by atoms with van der Waals surface area (Å²) in [5.74, 6) is -6.34. The second-order valence-corrected chi connectivity index (χ2v) is 14.1. The Labute approximate surface area is 206 Å². The predicted octanol–water partition coefficient (Wildman–Crippen LogP) is 4.19. The maximum atomic E-state index is 12.9. The Morgan fingerprint density at radius 2 is 1.43 bits per heavy atom. The van der Waals surface area contributed by atoms with Crippen LogP contribution in [0.1, 0.15) is 13.3 Å². The fourth-order valence-corrected chi connectivity index (χ4v) is 8.02. The number of alkyl halides is 6. The van der Waals surface area contributed by atoms with E-state index in [1.165, 1.54) is 0 Å². The normalized spacial score (nSPS) is 42.3. The molecule has 5 atom stereocenters. The number of carbonyl (C=O) groups is 3. The largest absolute Gasteiger partial charge is 0.481 e. The summed E-state index contributed by atoms with van der Waals surface area (Å²) in [7, 11) is 0. The van der Waals surface area contributed by atoms with Crippen LogP contribution in [0.2, 0.25) is 0 Å². The number of amides is 2. The zero-order chi connectivity index (χ0) is 21.7. The minimum absolute atomic E-state index is 0.325. The number of hydrazine groups is 1. The Balaban J connectivity index is 1.92. The molecule has 0 unspecified atom stereocenters. The summed E-state index contributed by atoms with van der Waals surface area (Å²) in [6.45, 7) is 1.66. The van der Waals surface area contributed by atoms with Gasteiger partial charge in [0.25, 0.3) is 0 Å². The molecule has 3 aliphatic carbocycles. The van der Waals surface area contributed by atoms with Crippen molar-refractivity contribution in [3.05, 3.63) is 10.1 Å². The van der Waals surface area contributed by atoms with Crippen molar-refractivity contribution >= 4 is 119 Å². The molecule has 0 heterocycles. The fourth-order valence-electron chi connectivity index (χ4n) is 3.61. The third-order valence-corrected chi connectivity index (χ3v) is 12.1. The van der Waals surface area contributed by atoms with Gasteiger partial charge < -0.3 is 5.11 Å². The van der Waals surface area contributed by atoms with Crippen LogP contribution in [0.4, 0.5) is 0 Å². The Hall–Kier alpha value is 0.850. The molecular formula is C14H10Br2Cl6N2O4. The molecule has 2 amide bonds. The van der Waals surface area contributed by atoms with Crippen molar-refractivity contribution in [2.45, 2.75) is 30.7 Å². The number of hydrogen-bond donors (Lipinski definition) is 3. The number of carboxylic acid groups (broad SMARTS) is 1. The molecule has 0 spiro atoms. The third kappa shape index (κ3) is 2.61. The lowest BCUT2D eigenvalue weighted by molar-refractivity contribution is -0.147. The first-order valence-electron chi connectivity index (χ1n) is 7.54. The van der Waals surface area contributed by atoms with Crippen molar-refractivity contribution in [1.29, 1.82) is 0 Å². The van der Waals surface area contributed by atoms with E-state index in [9.17, 15) is 19.5 Å². The van der Waals surface area contributed by atoms with Crippen molar-refractivity contribution in [3.8, 4) is 0 Å². The number of halogens is 8. The average Bonchev–Trinajstić information content (AvgIpc) is 3.03. The topological polar surface area (TPSA) is 95.5 Å². The molecule has 3 aliphatic rings. The van der Waals surface area contributed by atoms with Crippen LogP contribution in [0, 0.1) is 17.3 Å². The van der Waals surface area contributed by atoms with Gasteiger partial charge in [0.15, 0.2) is 4.33 Å². The molecule has 0 aromatic heterocycles. The van der Waals surface area contributed by atoms with Gasteiger partial charge in [0.1, 0.15) is 9.75 Å². The number of hydrogen-bond acceptors (Lipinski definition) is 3. The van der Waals surface area contributed by atoms with Gasteiger partial charge in [-0.2, -0.15) is 0 Å². The smallest absolute Gasteiger partial charge is 0.309 e. The summed E-state index contributed by atoms with van der Waals surface area (Å²) in [5, 5.41) is 9.02. The second kappa shape index (κ2) is 6.67. The zero-order valence-corrected chi connectivity index (χ0v) is 21.3. The number of carboxylic acids is 1. The van der Waals surface area contributed by atoms with Gasteiger partial charge in [-0.3, -0.25) is 25.2 Å². The quantitative estimate of drug-likeness (QED) is 0.318. The van der Waals surface area contributed by atoms with Crippen LogP contribution in [-0.2, 0) is 14.4 Å². The predicted molar refractivity (Wildman–Crippen MR) is 115 cm³/mol. The molecule has 156 valence electrons. The highest BCUT2D eigenvalue weighted by molar-refractivity contribution is 9.25. The molecule has 0 radical (unpaired) electrons. The Bertz CT molecular complexity index is 854. The van der Waals surface area contributed by atoms with E-state index in [-0.39, 0.29) is 10.1 Å². The van der Waals surface area contributed by atoms with Crippen molar-refractivity contribution in [2.75, 3.05) is 0 Å². The highest BCUT2D eigenvalue weighted by atomic mass is 79.9. The number of allylic oxidation sites excluding steroid dienone is 2. The Kier molecular flexibility index (Phi) is 5.60. The Morgan fingerprint density at radius 1 is 1.00 bits per heavy atom. The van der Waals surface area contributed by atoms with E-state index < -0.39 is 52.3 Å². The molecule has 14 heteroatoms. The van der Waals surface area contributed by atoms with E-state index in [0.717, 1.165) is 0 Å². The summed E-state index contributed by atoms with van der Waals surface area (Å²) in [4.78, 5) is 32.9. The zero-order valence-electron chi connectivity index (χ0n) is 13.6. The maximum absolute atomic E-state index is 12.9. The Morgan fingerprint density at radius 3 is 1.82 bits per heavy atom. The molecule has 28 heavy (non-hydrogen) atoms. The van der Waals surface area contributed by atoms with Crippen LogP contribution < -0.4 is 10.9 Å². The highest BCUT2D eigenvalue weighted by Gasteiger charge is 2.85. The van der Waals surface area contributed by atoms with E-state index in [2.05, 4.69) is 42.7 Å². The molecule has 6 nitrogen and oxygen atoms in total. The number of fused-ring (bicyclic) bond motifs is 2. The molecule has 2 saturated carbocycles. The molecule has 0 aromatic rings. The van der Waals surface area contributed by atoms with E-state index in [0.29, 0.717) is 6.42 Å². The molecule has 0 aromatic carbocycles. The van der Waals surface area contributed by atoms with Gasteiger partial charge in [0.05, 0.1) is 30.5 Å². The molecule has 0 saturated heterocycles. The van der Waals surface area contributed by atoms with Crippen LogP contribution >= 0.6 is 101 Å². The van der Waals surface area contributed by atoms with Gasteiger partial charge in [0.2, 0.25) is 11.8 Å². The van der Waals surface area contributed by atoms with Gasteiger partial charge in [-0.15, -0.1) is 23.2 Å². The summed E-state index contributed by atoms with van der Waals surface area (Å²) >= 11 is 44.5. The first kappa shape index (κ1) is 23.5. The van der Waals surface area contributed by atoms with Crippen LogP contribution in [0.25, 0.3) is 0 Å². The first-order chi connectivity index (χ1) is 12.5. The van der Waals surface area contributed by atoms with Crippen molar-refractivity contribution in [2.24, 2.45) is 17.3 Å². The van der Waals surface area contributed by atoms with E-state index in [1.807, 2.05) is 0 Å². The number of nitrogens with one attached hydrogen (secondary N) is 2. The standard InChI is InChI=1S/C14H10Br2Cl6N2O4/c1-10(2-11(10,15)16)9(28)24-23-7(25)3-4(8(26)27)13(20)6(18)5(17)12(3,19)14(13,21)22/h3-4H,2H2,1H3,(H,23,25)(H,24,28)(H,26,27)/t3-,4+,10+,12-,13-/m0/s1. The molecule has 2 fully saturated rings. The molecule has 2 bridgehead atoms. The molecule has 0 aliphatic heterocycles. The van der Waals surface area contributed by atoms with Crippen molar-refractivity contribution in [3.63, 3.8) is 0 Å². The molecular weight excluding hydrogens is 633 g/mol. The lowest BCUT2D eigenvalue weighted by Gasteiger charge is -2.33. The minimum Gasteiger partial charge on any atom is -0.481 e. The van der Waals surface area contributed by atoms with Gasteiger partial charge in [-0.05, 0) is 13.3 Å². The van der Waals surface area contributed by atoms with Gasteiger partial charge in [0, 0.05) is 0 Å². The van der Waals surface area contributed by atoms with E-state index in [1.54, 1.807) is 6.92 Å². The monoisotopic (exact) mass is 638 g/mol. The SMILES string of the molecule is C[C@]1(C(=O)NNC(=O)[C@@H]2[C@H](C(=O)O)[C@]3(Cl)C(Cl)=C(Cl)[C@]2(Cl)C3(Cl)Cl)CC1(Br)Br. The van der Waals surface area contributed by atoms with Crippen LogP contribution in [0.3, 0.4) is 0 Å². The van der Waals surface area contributed by atoms with E-state index >= 15 is 0 Å². The van der Waals surface area contributed by atoms with Crippen LogP contribution in [-0.4, -0.2) is 40.2 Å². The summed E-state index contributed by atoms with van der Waals surface area (Å²) in [5.41, 5.74) is 3.58. The average molecular weight is 643 g/mol. The van der Waals surface area contributed by atoms with Crippen LogP contribution in [0.5, 0.6) is 0 Å². The van der Waals surface area contributed by atoms with Gasteiger partial charge in [-0.1, -0.05) is 78.3 Å². The van der Waals surface area contributed by atoms with Crippen LogP contribution in [0.15, 0.2) is 10.1 Å². The molecule has 3 N–H and O–H groups in total. The first-order valence-corrected chi connectivity index (χ1v) is 11.4. The molecule has 3 rings (SSSR count). The third-order valence-electron chi connectivity index (χ3n) is 5.54. The van der Waals surface area contributed by atoms with Gasteiger partial charge in [-0.25, -0.2) is 0 Å². The summed E-state index contributed by atoms with van der Waals surface area (Å²) < 4.78 is -2.82.